The lowest BCUT2D eigenvalue weighted by atomic mass is 10.0. The normalized spacial score (nSPS) is 14.8. The summed E-state index contributed by atoms with van der Waals surface area (Å²) in [6, 6.07) is 12.6. The Balaban J connectivity index is 1.45. The summed E-state index contributed by atoms with van der Waals surface area (Å²) in [5, 5.41) is 2.77. The molecular weight excluding hydrogens is 350 g/mol. The maximum Gasteiger partial charge on any atom is 0.254 e. The maximum atomic E-state index is 13.7. The molecule has 1 aliphatic rings. The molecule has 0 radical (unpaired) electrons. The van der Waals surface area contributed by atoms with E-state index in [2.05, 4.69) is 5.32 Å². The number of carbonyl (C=O) groups excluding carboxylic acids is 2. The SMILES string of the molecule is O=C(NC1CCN(C(=O)CCc2ccccc2)CC1)c1ccc(F)cc1F. The molecule has 6 heteroatoms. The van der Waals surface area contributed by atoms with Gasteiger partial charge in [-0.1, -0.05) is 30.3 Å². The Kier molecular flexibility index (Phi) is 6.16. The molecule has 2 amide bonds. The van der Waals surface area contributed by atoms with Crippen LogP contribution in [0.25, 0.3) is 0 Å². The number of rotatable bonds is 5. The molecule has 0 spiro atoms. The van der Waals surface area contributed by atoms with Gasteiger partial charge in [-0.05, 0) is 37.0 Å². The summed E-state index contributed by atoms with van der Waals surface area (Å²) in [6.07, 6.45) is 2.40. The number of halogens is 2. The lowest BCUT2D eigenvalue weighted by molar-refractivity contribution is -0.132. The Labute approximate surface area is 157 Å². The predicted octanol–water partition coefficient (Wildman–Crippen LogP) is 3.32. The summed E-state index contributed by atoms with van der Waals surface area (Å²) < 4.78 is 26.6. The van der Waals surface area contributed by atoms with Gasteiger partial charge in [-0.3, -0.25) is 9.59 Å². The molecule has 4 nitrogen and oxygen atoms in total. The number of piperidine rings is 1. The van der Waals surface area contributed by atoms with Crippen molar-refractivity contribution >= 4 is 11.8 Å². The molecule has 1 N–H and O–H groups in total. The Morgan fingerprint density at radius 1 is 1.04 bits per heavy atom. The van der Waals surface area contributed by atoms with Gasteiger partial charge in [0.15, 0.2) is 0 Å². The minimum atomic E-state index is -0.874. The van der Waals surface area contributed by atoms with Crippen LogP contribution < -0.4 is 5.32 Å². The fourth-order valence-corrected chi connectivity index (χ4v) is 3.26. The highest BCUT2D eigenvalue weighted by Crippen LogP contribution is 2.15. The molecule has 3 rings (SSSR count). The Morgan fingerprint density at radius 2 is 1.74 bits per heavy atom. The molecule has 0 aromatic heterocycles. The number of amides is 2. The van der Waals surface area contributed by atoms with E-state index in [1.54, 1.807) is 0 Å². The molecule has 2 aromatic rings. The molecule has 0 saturated carbocycles. The molecule has 1 saturated heterocycles. The first-order valence-electron chi connectivity index (χ1n) is 9.10. The van der Waals surface area contributed by atoms with Crippen molar-refractivity contribution < 1.29 is 18.4 Å². The van der Waals surface area contributed by atoms with E-state index < -0.39 is 17.5 Å². The van der Waals surface area contributed by atoms with Gasteiger partial charge in [-0.25, -0.2) is 8.78 Å². The molecule has 1 heterocycles. The molecule has 0 unspecified atom stereocenters. The van der Waals surface area contributed by atoms with Gasteiger partial charge in [0.2, 0.25) is 5.91 Å². The van der Waals surface area contributed by atoms with Gasteiger partial charge in [0.1, 0.15) is 11.6 Å². The van der Waals surface area contributed by atoms with Crippen molar-refractivity contribution in [1.82, 2.24) is 10.2 Å². The summed E-state index contributed by atoms with van der Waals surface area (Å²) in [5.41, 5.74) is 0.965. The van der Waals surface area contributed by atoms with E-state index in [4.69, 9.17) is 0 Å². The van der Waals surface area contributed by atoms with Crippen molar-refractivity contribution in [2.45, 2.75) is 31.7 Å². The van der Waals surface area contributed by atoms with E-state index in [-0.39, 0.29) is 17.5 Å². The monoisotopic (exact) mass is 372 g/mol. The smallest absolute Gasteiger partial charge is 0.254 e. The fourth-order valence-electron chi connectivity index (χ4n) is 3.26. The third-order valence-corrected chi connectivity index (χ3v) is 4.83. The van der Waals surface area contributed by atoms with Crippen LogP contribution in [0.15, 0.2) is 48.5 Å². The highest BCUT2D eigenvalue weighted by atomic mass is 19.1. The van der Waals surface area contributed by atoms with E-state index in [1.165, 1.54) is 0 Å². The van der Waals surface area contributed by atoms with Crippen LogP contribution in [0, 0.1) is 11.6 Å². The van der Waals surface area contributed by atoms with E-state index in [9.17, 15) is 18.4 Å². The Morgan fingerprint density at radius 3 is 2.41 bits per heavy atom. The summed E-state index contributed by atoms with van der Waals surface area (Å²) in [5.74, 6) is -2.04. The van der Waals surface area contributed by atoms with Crippen LogP contribution in [-0.2, 0) is 11.2 Å². The zero-order chi connectivity index (χ0) is 19.2. The van der Waals surface area contributed by atoms with Crippen molar-refractivity contribution in [2.24, 2.45) is 0 Å². The minimum absolute atomic E-state index is 0.105. The number of aryl methyl sites for hydroxylation is 1. The van der Waals surface area contributed by atoms with Gasteiger partial charge >= 0.3 is 0 Å². The molecule has 1 fully saturated rings. The first kappa shape index (κ1) is 19.0. The van der Waals surface area contributed by atoms with Crippen LogP contribution in [-0.4, -0.2) is 35.8 Å². The van der Waals surface area contributed by atoms with Gasteiger partial charge in [0.05, 0.1) is 5.56 Å². The maximum absolute atomic E-state index is 13.7. The second-order valence-electron chi connectivity index (χ2n) is 6.74. The summed E-state index contributed by atoms with van der Waals surface area (Å²) in [4.78, 5) is 26.3. The standard InChI is InChI=1S/C21H22F2N2O2/c22-16-7-8-18(19(23)14-16)21(27)24-17-10-12-25(13-11-17)20(26)9-6-15-4-2-1-3-5-15/h1-5,7-8,14,17H,6,9-13H2,(H,24,27). The van der Waals surface area contributed by atoms with E-state index in [0.717, 1.165) is 17.7 Å². The largest absolute Gasteiger partial charge is 0.349 e. The number of likely N-dealkylation sites (tertiary alicyclic amines) is 1. The number of hydrogen-bond acceptors (Lipinski definition) is 2. The van der Waals surface area contributed by atoms with Crippen molar-refractivity contribution in [3.05, 3.63) is 71.3 Å². The first-order chi connectivity index (χ1) is 13.0. The van der Waals surface area contributed by atoms with Crippen LogP contribution >= 0.6 is 0 Å². The summed E-state index contributed by atoms with van der Waals surface area (Å²) >= 11 is 0. The van der Waals surface area contributed by atoms with Crippen molar-refractivity contribution in [3.8, 4) is 0 Å². The molecule has 0 atom stereocenters. The number of carbonyl (C=O) groups is 2. The van der Waals surface area contributed by atoms with Gasteiger partial charge in [0, 0.05) is 31.6 Å². The fraction of sp³-hybridized carbons (Fsp3) is 0.333. The molecule has 0 aliphatic carbocycles. The van der Waals surface area contributed by atoms with E-state index >= 15 is 0 Å². The van der Waals surface area contributed by atoms with Crippen LogP contribution in [0.3, 0.4) is 0 Å². The van der Waals surface area contributed by atoms with Crippen LogP contribution in [0.4, 0.5) is 8.78 Å². The highest BCUT2D eigenvalue weighted by molar-refractivity contribution is 5.94. The summed E-state index contributed by atoms with van der Waals surface area (Å²) in [6.45, 7) is 1.12. The lowest BCUT2D eigenvalue weighted by Crippen LogP contribution is -2.46. The quantitative estimate of drug-likeness (QED) is 0.875. The van der Waals surface area contributed by atoms with E-state index in [1.807, 2.05) is 35.2 Å². The van der Waals surface area contributed by atoms with Crippen LogP contribution in [0.1, 0.15) is 35.2 Å². The minimum Gasteiger partial charge on any atom is -0.349 e. The van der Waals surface area contributed by atoms with Crippen LogP contribution in [0.5, 0.6) is 0 Å². The Hall–Kier alpha value is -2.76. The van der Waals surface area contributed by atoms with Crippen molar-refractivity contribution in [2.75, 3.05) is 13.1 Å². The van der Waals surface area contributed by atoms with Gasteiger partial charge in [-0.2, -0.15) is 0 Å². The number of nitrogens with one attached hydrogen (secondary N) is 1. The van der Waals surface area contributed by atoms with Gasteiger partial charge in [-0.15, -0.1) is 0 Å². The lowest BCUT2D eigenvalue weighted by Gasteiger charge is -2.32. The number of nitrogens with zero attached hydrogens (tertiary/aromatic N) is 1. The highest BCUT2D eigenvalue weighted by Gasteiger charge is 2.24. The first-order valence-corrected chi connectivity index (χ1v) is 9.10. The molecule has 1 aliphatic heterocycles. The average molecular weight is 372 g/mol. The molecule has 2 aromatic carbocycles. The average Bonchev–Trinajstić information content (AvgIpc) is 2.67. The molecular formula is C21H22F2N2O2. The molecule has 142 valence electrons. The number of benzene rings is 2. The van der Waals surface area contributed by atoms with Crippen LogP contribution in [0.2, 0.25) is 0 Å². The second-order valence-corrected chi connectivity index (χ2v) is 6.74. The second kappa shape index (κ2) is 8.75. The van der Waals surface area contributed by atoms with Gasteiger partial charge < -0.3 is 10.2 Å². The third-order valence-electron chi connectivity index (χ3n) is 4.83. The summed E-state index contributed by atoms with van der Waals surface area (Å²) in [7, 11) is 0. The molecule has 0 bridgehead atoms. The van der Waals surface area contributed by atoms with E-state index in [0.29, 0.717) is 44.8 Å². The number of hydrogen-bond donors (Lipinski definition) is 1. The third kappa shape index (κ3) is 5.12. The zero-order valence-corrected chi connectivity index (χ0v) is 15.0. The van der Waals surface area contributed by atoms with Crippen molar-refractivity contribution in [1.29, 1.82) is 0 Å². The van der Waals surface area contributed by atoms with Gasteiger partial charge in [0.25, 0.3) is 5.91 Å². The van der Waals surface area contributed by atoms with Crippen molar-refractivity contribution in [3.63, 3.8) is 0 Å². The molecule has 27 heavy (non-hydrogen) atoms. The topological polar surface area (TPSA) is 49.4 Å². The zero-order valence-electron chi connectivity index (χ0n) is 15.0. The predicted molar refractivity (Wildman–Crippen MR) is 98.2 cm³/mol. The Bertz CT molecular complexity index is 803.